The molecular weight excluding hydrogens is 232 g/mol. The summed E-state index contributed by atoms with van der Waals surface area (Å²) >= 11 is 0. The minimum atomic E-state index is 0.785. The van der Waals surface area contributed by atoms with E-state index in [2.05, 4.69) is 37.9 Å². The summed E-state index contributed by atoms with van der Waals surface area (Å²) in [6.45, 7) is 14.9. The van der Waals surface area contributed by atoms with E-state index in [1.165, 1.54) is 51.9 Å². The molecule has 0 saturated carbocycles. The Labute approximate surface area is 120 Å². The second-order valence-corrected chi connectivity index (χ2v) is 7.43. The molecule has 0 radical (unpaired) electrons. The van der Waals surface area contributed by atoms with Crippen LogP contribution in [0.3, 0.4) is 0 Å². The zero-order valence-electron chi connectivity index (χ0n) is 13.5. The van der Waals surface area contributed by atoms with E-state index in [-0.39, 0.29) is 0 Å². The van der Waals surface area contributed by atoms with Crippen LogP contribution in [-0.4, -0.2) is 37.1 Å². The van der Waals surface area contributed by atoms with Crippen molar-refractivity contribution in [2.45, 2.75) is 59.4 Å². The molecule has 0 bridgehead atoms. The highest BCUT2D eigenvalue weighted by atomic mass is 15.2. The Hall–Kier alpha value is -0.0800. The molecule has 0 aromatic heterocycles. The number of hydrogen-bond acceptors (Lipinski definition) is 2. The van der Waals surface area contributed by atoms with E-state index >= 15 is 0 Å². The van der Waals surface area contributed by atoms with Crippen molar-refractivity contribution < 1.29 is 0 Å². The van der Waals surface area contributed by atoms with Gasteiger partial charge in [0, 0.05) is 12.6 Å². The van der Waals surface area contributed by atoms with Gasteiger partial charge in [-0.3, -0.25) is 0 Å². The number of likely N-dealkylation sites (tertiary alicyclic amines) is 1. The normalized spacial score (nSPS) is 39.2. The first kappa shape index (κ1) is 15.3. The molecule has 2 heteroatoms. The van der Waals surface area contributed by atoms with Crippen LogP contribution in [0.15, 0.2) is 0 Å². The van der Waals surface area contributed by atoms with Gasteiger partial charge in [-0.15, -0.1) is 0 Å². The van der Waals surface area contributed by atoms with Crippen molar-refractivity contribution >= 4 is 0 Å². The summed E-state index contributed by atoms with van der Waals surface area (Å²) in [5.41, 5.74) is 0. The first-order valence-electron chi connectivity index (χ1n) is 8.52. The maximum absolute atomic E-state index is 3.56. The van der Waals surface area contributed by atoms with Crippen molar-refractivity contribution in [1.29, 1.82) is 0 Å². The van der Waals surface area contributed by atoms with Crippen LogP contribution in [0.4, 0.5) is 0 Å². The minimum Gasteiger partial charge on any atom is -0.316 e. The zero-order valence-corrected chi connectivity index (χ0v) is 13.5. The predicted octanol–water partition coefficient (Wildman–Crippen LogP) is 3.38. The molecule has 2 fully saturated rings. The maximum Gasteiger partial charge on any atom is 0.00927 e. The van der Waals surface area contributed by atoms with Gasteiger partial charge in [0.25, 0.3) is 0 Å². The van der Waals surface area contributed by atoms with Crippen LogP contribution in [0.5, 0.6) is 0 Å². The maximum atomic E-state index is 3.56. The van der Waals surface area contributed by atoms with E-state index in [9.17, 15) is 0 Å². The SMILES string of the molecule is CC1CC(C)C(C)N(CCC(C)C2CCCNC2)C1. The van der Waals surface area contributed by atoms with E-state index in [4.69, 9.17) is 0 Å². The Kier molecular flexibility index (Phi) is 5.70. The lowest BCUT2D eigenvalue weighted by Crippen LogP contribution is -2.46. The molecule has 2 heterocycles. The van der Waals surface area contributed by atoms with Gasteiger partial charge in [0.15, 0.2) is 0 Å². The van der Waals surface area contributed by atoms with Gasteiger partial charge in [-0.25, -0.2) is 0 Å². The van der Waals surface area contributed by atoms with Crippen molar-refractivity contribution in [3.63, 3.8) is 0 Å². The number of nitrogens with zero attached hydrogens (tertiary/aromatic N) is 1. The first-order valence-corrected chi connectivity index (χ1v) is 8.52. The molecule has 0 aromatic carbocycles. The number of piperidine rings is 2. The topological polar surface area (TPSA) is 15.3 Å². The van der Waals surface area contributed by atoms with Crippen molar-refractivity contribution in [3.05, 3.63) is 0 Å². The van der Waals surface area contributed by atoms with Gasteiger partial charge in [-0.05, 0) is 75.9 Å². The fraction of sp³-hybridized carbons (Fsp3) is 1.00. The molecule has 2 aliphatic rings. The molecule has 19 heavy (non-hydrogen) atoms. The Morgan fingerprint density at radius 3 is 2.74 bits per heavy atom. The summed E-state index contributed by atoms with van der Waals surface area (Å²) < 4.78 is 0. The van der Waals surface area contributed by atoms with E-state index in [0.717, 1.165) is 29.7 Å². The van der Waals surface area contributed by atoms with Gasteiger partial charge >= 0.3 is 0 Å². The van der Waals surface area contributed by atoms with Crippen LogP contribution in [0.1, 0.15) is 53.4 Å². The summed E-state index contributed by atoms with van der Waals surface area (Å²) in [6.07, 6.45) is 5.62. The lowest BCUT2D eigenvalue weighted by Gasteiger charge is -2.42. The van der Waals surface area contributed by atoms with Gasteiger partial charge in [0.05, 0.1) is 0 Å². The molecule has 1 N–H and O–H groups in total. The van der Waals surface area contributed by atoms with Crippen LogP contribution >= 0.6 is 0 Å². The second kappa shape index (κ2) is 7.08. The Balaban J connectivity index is 1.77. The third-order valence-corrected chi connectivity index (χ3v) is 5.73. The van der Waals surface area contributed by atoms with Crippen molar-refractivity contribution in [3.8, 4) is 0 Å². The average molecular weight is 266 g/mol. The second-order valence-electron chi connectivity index (χ2n) is 7.43. The highest BCUT2D eigenvalue weighted by molar-refractivity contribution is 4.83. The van der Waals surface area contributed by atoms with Crippen LogP contribution in [0.2, 0.25) is 0 Å². The lowest BCUT2D eigenvalue weighted by atomic mass is 9.83. The molecule has 2 nitrogen and oxygen atoms in total. The van der Waals surface area contributed by atoms with E-state index in [0.29, 0.717) is 0 Å². The van der Waals surface area contributed by atoms with Crippen LogP contribution in [0.25, 0.3) is 0 Å². The molecule has 0 aliphatic carbocycles. The molecule has 2 rings (SSSR count). The minimum absolute atomic E-state index is 0.785. The van der Waals surface area contributed by atoms with Gasteiger partial charge in [-0.1, -0.05) is 20.8 Å². The first-order chi connectivity index (χ1) is 9.08. The lowest BCUT2D eigenvalue weighted by molar-refractivity contribution is 0.0707. The molecular formula is C17H34N2. The monoisotopic (exact) mass is 266 g/mol. The Bertz CT molecular complexity index is 260. The van der Waals surface area contributed by atoms with E-state index in [1.807, 2.05) is 0 Å². The molecule has 2 aliphatic heterocycles. The fourth-order valence-electron chi connectivity index (χ4n) is 4.10. The standard InChI is InChI=1S/C17H34N2/c1-13-10-15(3)16(4)19(12-13)9-7-14(2)17-6-5-8-18-11-17/h13-18H,5-12H2,1-4H3. The molecule has 5 atom stereocenters. The molecule has 5 unspecified atom stereocenters. The third-order valence-electron chi connectivity index (χ3n) is 5.73. The summed E-state index contributed by atoms with van der Waals surface area (Å²) in [5.74, 6) is 3.56. The van der Waals surface area contributed by atoms with Crippen molar-refractivity contribution in [2.24, 2.45) is 23.7 Å². The highest BCUT2D eigenvalue weighted by Crippen LogP contribution is 2.29. The average Bonchev–Trinajstić information content (AvgIpc) is 2.41. The number of rotatable bonds is 4. The smallest absolute Gasteiger partial charge is 0.00927 e. The third kappa shape index (κ3) is 4.19. The molecule has 2 saturated heterocycles. The number of nitrogens with one attached hydrogen (secondary N) is 1. The van der Waals surface area contributed by atoms with E-state index in [1.54, 1.807) is 0 Å². The highest BCUT2D eigenvalue weighted by Gasteiger charge is 2.29. The van der Waals surface area contributed by atoms with Crippen LogP contribution < -0.4 is 5.32 Å². The fourth-order valence-corrected chi connectivity index (χ4v) is 4.10. The van der Waals surface area contributed by atoms with E-state index < -0.39 is 0 Å². The van der Waals surface area contributed by atoms with Gasteiger partial charge in [-0.2, -0.15) is 0 Å². The predicted molar refractivity (Wildman–Crippen MR) is 83.4 cm³/mol. The van der Waals surface area contributed by atoms with Gasteiger partial charge < -0.3 is 10.2 Å². The Morgan fingerprint density at radius 2 is 2.05 bits per heavy atom. The summed E-state index contributed by atoms with van der Waals surface area (Å²) in [4.78, 5) is 2.76. The van der Waals surface area contributed by atoms with Crippen molar-refractivity contribution in [2.75, 3.05) is 26.2 Å². The molecule has 0 aromatic rings. The number of hydrogen-bond donors (Lipinski definition) is 1. The molecule has 0 spiro atoms. The summed E-state index contributed by atoms with van der Waals surface area (Å²) in [7, 11) is 0. The van der Waals surface area contributed by atoms with Gasteiger partial charge in [0.1, 0.15) is 0 Å². The molecule has 112 valence electrons. The van der Waals surface area contributed by atoms with Crippen LogP contribution in [0, 0.1) is 23.7 Å². The Morgan fingerprint density at radius 1 is 1.26 bits per heavy atom. The van der Waals surface area contributed by atoms with Crippen LogP contribution in [-0.2, 0) is 0 Å². The largest absolute Gasteiger partial charge is 0.316 e. The summed E-state index contributed by atoms with van der Waals surface area (Å²) in [6, 6.07) is 0.785. The van der Waals surface area contributed by atoms with Gasteiger partial charge in [0.2, 0.25) is 0 Å². The quantitative estimate of drug-likeness (QED) is 0.839. The van der Waals surface area contributed by atoms with Crippen molar-refractivity contribution in [1.82, 2.24) is 10.2 Å². The molecule has 0 amide bonds. The zero-order chi connectivity index (χ0) is 13.8. The summed E-state index contributed by atoms with van der Waals surface area (Å²) in [5, 5.41) is 3.56.